The summed E-state index contributed by atoms with van der Waals surface area (Å²) < 4.78 is 11.4. The molecule has 6 nitrogen and oxygen atoms in total. The molecular weight excluding hydrogens is 524 g/mol. The molecule has 0 aliphatic carbocycles. The molecule has 6 heteroatoms. The molecule has 0 aromatic rings. The van der Waals surface area contributed by atoms with Gasteiger partial charge in [0.05, 0.1) is 6.61 Å². The first-order chi connectivity index (χ1) is 20.4. The van der Waals surface area contributed by atoms with Crippen LogP contribution in [0.2, 0.25) is 0 Å². The summed E-state index contributed by atoms with van der Waals surface area (Å²) in [5.74, 6) is 0.679. The molecule has 0 saturated heterocycles. The fourth-order valence-electron chi connectivity index (χ4n) is 5.58. The summed E-state index contributed by atoms with van der Waals surface area (Å²) in [6.45, 7) is 8.96. The maximum atomic E-state index is 12.3. The third-order valence-electron chi connectivity index (χ3n) is 8.33. The van der Waals surface area contributed by atoms with Crippen LogP contribution in [0.4, 0.5) is 4.79 Å². The molecule has 42 heavy (non-hydrogen) atoms. The van der Waals surface area contributed by atoms with E-state index >= 15 is 0 Å². The molecule has 0 aliphatic heterocycles. The molecule has 1 atom stereocenters. The van der Waals surface area contributed by atoms with Gasteiger partial charge in [-0.25, -0.2) is 4.79 Å². The number of carbonyl (C=O) groups is 2. The van der Waals surface area contributed by atoms with Crippen LogP contribution in [0.25, 0.3) is 0 Å². The van der Waals surface area contributed by atoms with Crippen molar-refractivity contribution in [1.29, 1.82) is 0 Å². The topological polar surface area (TPSA) is 67.9 Å². The van der Waals surface area contributed by atoms with Crippen molar-refractivity contribution < 1.29 is 19.1 Å². The molecule has 1 N–H and O–H groups in total. The first-order valence-corrected chi connectivity index (χ1v) is 18.2. The molecule has 0 aromatic heterocycles. The molecule has 0 fully saturated rings. The van der Waals surface area contributed by atoms with Gasteiger partial charge in [-0.2, -0.15) is 0 Å². The van der Waals surface area contributed by atoms with E-state index in [4.69, 9.17) is 9.47 Å². The lowest BCUT2D eigenvalue weighted by molar-refractivity contribution is -0.144. The van der Waals surface area contributed by atoms with Crippen LogP contribution in [0, 0.1) is 5.92 Å². The first-order valence-electron chi connectivity index (χ1n) is 18.2. The predicted octanol–water partition coefficient (Wildman–Crippen LogP) is 10.2. The third kappa shape index (κ3) is 28.8. The molecule has 0 saturated carbocycles. The van der Waals surface area contributed by atoms with Crippen LogP contribution in [0.15, 0.2) is 0 Å². The summed E-state index contributed by atoms with van der Waals surface area (Å²) in [4.78, 5) is 26.7. The van der Waals surface area contributed by atoms with Gasteiger partial charge < -0.3 is 19.7 Å². The molecule has 1 unspecified atom stereocenters. The summed E-state index contributed by atoms with van der Waals surface area (Å²) in [6.07, 6.45) is 27.2. The second-order valence-electron chi connectivity index (χ2n) is 12.8. The standard InChI is InChI=1S/C36H72N2O4/c1-6-9-12-13-15-20-26-34(42-36(40)37-30-23-31-38(4)5)27-21-16-14-17-22-28-35(39)41-32-29-33(24-18-10-7-2)25-19-11-8-3/h33-34H,6-32H2,1-5H3,(H,37,40). The number of carbonyl (C=O) groups excluding carboxylic acids is 2. The largest absolute Gasteiger partial charge is 0.466 e. The molecule has 0 aromatic carbocycles. The highest BCUT2D eigenvalue weighted by Gasteiger charge is 2.14. The van der Waals surface area contributed by atoms with Gasteiger partial charge in [-0.05, 0) is 71.5 Å². The number of nitrogens with zero attached hydrogens (tertiary/aromatic N) is 1. The van der Waals surface area contributed by atoms with E-state index in [0.717, 1.165) is 70.8 Å². The Morgan fingerprint density at radius 2 is 1.12 bits per heavy atom. The zero-order chi connectivity index (χ0) is 31.1. The van der Waals surface area contributed by atoms with Gasteiger partial charge in [0, 0.05) is 13.0 Å². The minimum atomic E-state index is -0.267. The summed E-state index contributed by atoms with van der Waals surface area (Å²) >= 11 is 0. The maximum Gasteiger partial charge on any atom is 0.407 e. The van der Waals surface area contributed by atoms with Gasteiger partial charge in [-0.1, -0.05) is 124 Å². The molecule has 0 spiro atoms. The van der Waals surface area contributed by atoms with Gasteiger partial charge >= 0.3 is 12.1 Å². The first kappa shape index (κ1) is 40.7. The van der Waals surface area contributed by atoms with Crippen molar-refractivity contribution in [3.8, 4) is 0 Å². The van der Waals surface area contributed by atoms with E-state index in [1.54, 1.807) is 0 Å². The Hall–Kier alpha value is -1.30. The van der Waals surface area contributed by atoms with Crippen molar-refractivity contribution in [2.45, 2.75) is 181 Å². The van der Waals surface area contributed by atoms with Crippen LogP contribution in [-0.2, 0) is 14.3 Å². The van der Waals surface area contributed by atoms with E-state index in [1.165, 1.54) is 83.5 Å². The average molecular weight is 597 g/mol. The number of rotatable bonds is 31. The Balaban J connectivity index is 4.15. The monoisotopic (exact) mass is 597 g/mol. The number of hydrogen-bond donors (Lipinski definition) is 1. The van der Waals surface area contributed by atoms with Crippen molar-refractivity contribution >= 4 is 12.1 Å². The van der Waals surface area contributed by atoms with E-state index in [-0.39, 0.29) is 18.2 Å². The van der Waals surface area contributed by atoms with Crippen LogP contribution in [-0.4, -0.2) is 56.9 Å². The molecule has 250 valence electrons. The number of alkyl carbamates (subject to hydrolysis) is 1. The van der Waals surface area contributed by atoms with Crippen LogP contribution in [0.1, 0.15) is 175 Å². The van der Waals surface area contributed by atoms with Gasteiger partial charge in [0.25, 0.3) is 0 Å². The van der Waals surface area contributed by atoms with Crippen LogP contribution >= 0.6 is 0 Å². The van der Waals surface area contributed by atoms with Gasteiger partial charge in [-0.3, -0.25) is 4.79 Å². The number of nitrogens with one attached hydrogen (secondary N) is 1. The Morgan fingerprint density at radius 1 is 0.619 bits per heavy atom. The number of unbranched alkanes of at least 4 members (excludes halogenated alkanes) is 13. The smallest absolute Gasteiger partial charge is 0.407 e. The van der Waals surface area contributed by atoms with Crippen molar-refractivity contribution in [3.05, 3.63) is 0 Å². The molecule has 0 bridgehead atoms. The van der Waals surface area contributed by atoms with Gasteiger partial charge in [0.2, 0.25) is 0 Å². The Bertz CT molecular complexity index is 589. The lowest BCUT2D eigenvalue weighted by Gasteiger charge is -2.19. The highest BCUT2D eigenvalue weighted by Crippen LogP contribution is 2.21. The van der Waals surface area contributed by atoms with Crippen LogP contribution < -0.4 is 5.32 Å². The summed E-state index contributed by atoms with van der Waals surface area (Å²) in [6, 6.07) is 0. The summed E-state index contributed by atoms with van der Waals surface area (Å²) in [7, 11) is 4.09. The molecule has 0 heterocycles. The van der Waals surface area contributed by atoms with Gasteiger partial charge in [0.15, 0.2) is 0 Å². The minimum Gasteiger partial charge on any atom is -0.466 e. The van der Waals surface area contributed by atoms with Crippen molar-refractivity contribution in [3.63, 3.8) is 0 Å². The zero-order valence-corrected chi connectivity index (χ0v) is 28.8. The van der Waals surface area contributed by atoms with Crippen LogP contribution in [0.3, 0.4) is 0 Å². The zero-order valence-electron chi connectivity index (χ0n) is 28.8. The Morgan fingerprint density at radius 3 is 1.69 bits per heavy atom. The van der Waals surface area contributed by atoms with E-state index in [2.05, 4.69) is 31.0 Å². The molecule has 0 rings (SSSR count). The van der Waals surface area contributed by atoms with Gasteiger partial charge in [0.1, 0.15) is 6.10 Å². The number of ether oxygens (including phenoxy) is 2. The second kappa shape index (κ2) is 31.1. The van der Waals surface area contributed by atoms with E-state index in [0.29, 0.717) is 25.5 Å². The number of hydrogen-bond acceptors (Lipinski definition) is 5. The number of esters is 1. The van der Waals surface area contributed by atoms with E-state index < -0.39 is 0 Å². The third-order valence-corrected chi connectivity index (χ3v) is 8.33. The quantitative estimate of drug-likeness (QED) is 0.0637. The highest BCUT2D eigenvalue weighted by molar-refractivity contribution is 5.69. The fourth-order valence-corrected chi connectivity index (χ4v) is 5.58. The predicted molar refractivity (Wildman–Crippen MR) is 179 cm³/mol. The maximum absolute atomic E-state index is 12.3. The minimum absolute atomic E-state index is 0.00720. The molecule has 0 radical (unpaired) electrons. The lowest BCUT2D eigenvalue weighted by atomic mass is 9.92. The summed E-state index contributed by atoms with van der Waals surface area (Å²) in [5.41, 5.74) is 0. The van der Waals surface area contributed by atoms with E-state index in [9.17, 15) is 9.59 Å². The highest BCUT2D eigenvalue weighted by atomic mass is 16.6. The van der Waals surface area contributed by atoms with Crippen molar-refractivity contribution in [2.75, 3.05) is 33.8 Å². The SMILES string of the molecule is CCCCCCCCC(CCCCCCCC(=O)OCCC(CCCCC)CCCCC)OC(=O)NCCCN(C)C. The average Bonchev–Trinajstić information content (AvgIpc) is 2.96. The van der Waals surface area contributed by atoms with Crippen molar-refractivity contribution in [1.82, 2.24) is 10.2 Å². The van der Waals surface area contributed by atoms with E-state index in [1.807, 2.05) is 14.1 Å². The molecule has 1 amide bonds. The fraction of sp³-hybridized carbons (Fsp3) is 0.944. The lowest BCUT2D eigenvalue weighted by Crippen LogP contribution is -2.31. The summed E-state index contributed by atoms with van der Waals surface area (Å²) in [5, 5.41) is 2.93. The van der Waals surface area contributed by atoms with Crippen molar-refractivity contribution in [2.24, 2.45) is 5.92 Å². The van der Waals surface area contributed by atoms with Crippen LogP contribution in [0.5, 0.6) is 0 Å². The van der Waals surface area contributed by atoms with Gasteiger partial charge in [-0.15, -0.1) is 0 Å². The Labute approximate surface area is 261 Å². The molecule has 0 aliphatic rings. The Kier molecular flexibility index (Phi) is 30.2. The second-order valence-corrected chi connectivity index (χ2v) is 12.8. The number of amides is 1. The normalized spacial score (nSPS) is 12.2. The molecular formula is C36H72N2O4.